The van der Waals surface area contributed by atoms with Gasteiger partial charge in [0.05, 0.1) is 11.4 Å². The molecular weight excluding hydrogens is 426 g/mol. The summed E-state index contributed by atoms with van der Waals surface area (Å²) in [5.74, 6) is 0.252. The number of hydrogen-bond acceptors (Lipinski definition) is 4. The summed E-state index contributed by atoms with van der Waals surface area (Å²) >= 11 is 1.81. The molecule has 0 bridgehead atoms. The number of fused-ring (bicyclic) bond motifs is 2. The Morgan fingerprint density at radius 1 is 0.788 bits per heavy atom. The molecule has 0 aromatic heterocycles. The van der Waals surface area contributed by atoms with Crippen LogP contribution < -0.4 is 4.90 Å². The van der Waals surface area contributed by atoms with E-state index in [9.17, 15) is 4.79 Å². The van der Waals surface area contributed by atoms with E-state index in [-0.39, 0.29) is 5.91 Å². The van der Waals surface area contributed by atoms with Crippen molar-refractivity contribution < 1.29 is 4.79 Å². The van der Waals surface area contributed by atoms with Gasteiger partial charge in [0.15, 0.2) is 0 Å². The van der Waals surface area contributed by atoms with Gasteiger partial charge < -0.3 is 9.80 Å². The number of carbonyl (C=O) groups is 1. The molecule has 0 radical (unpaired) electrons. The van der Waals surface area contributed by atoms with E-state index in [2.05, 4.69) is 94.7 Å². The van der Waals surface area contributed by atoms with E-state index in [0.29, 0.717) is 13.0 Å². The average Bonchev–Trinajstić information content (AvgIpc) is 2.87. The van der Waals surface area contributed by atoms with E-state index in [4.69, 9.17) is 0 Å². The van der Waals surface area contributed by atoms with Crippen molar-refractivity contribution in [3.63, 3.8) is 0 Å². The third-order valence-corrected chi connectivity index (χ3v) is 7.41. The first-order valence-corrected chi connectivity index (χ1v) is 12.4. The molecule has 0 unspecified atom stereocenters. The highest BCUT2D eigenvalue weighted by Crippen LogP contribution is 2.47. The lowest BCUT2D eigenvalue weighted by Gasteiger charge is -2.36. The Balaban J connectivity index is 1.15. The van der Waals surface area contributed by atoms with Gasteiger partial charge in [-0.3, -0.25) is 9.69 Å². The van der Waals surface area contributed by atoms with Gasteiger partial charge >= 0.3 is 0 Å². The fourth-order valence-corrected chi connectivity index (χ4v) is 5.57. The maximum absolute atomic E-state index is 13.0. The van der Waals surface area contributed by atoms with Gasteiger partial charge in [0.1, 0.15) is 0 Å². The van der Waals surface area contributed by atoms with Crippen molar-refractivity contribution in [2.75, 3.05) is 44.2 Å². The van der Waals surface area contributed by atoms with E-state index in [1.165, 1.54) is 26.7 Å². The highest BCUT2D eigenvalue weighted by atomic mass is 32.2. The molecule has 168 valence electrons. The molecule has 3 aromatic rings. The summed E-state index contributed by atoms with van der Waals surface area (Å²) in [5.41, 5.74) is 3.62. The zero-order valence-electron chi connectivity index (χ0n) is 18.8. The number of anilines is 2. The Bertz CT molecular complexity index is 1080. The van der Waals surface area contributed by atoms with Crippen LogP contribution in [0.2, 0.25) is 0 Å². The Morgan fingerprint density at radius 2 is 1.39 bits per heavy atom. The monoisotopic (exact) mass is 455 g/mol. The van der Waals surface area contributed by atoms with Crippen LogP contribution in [-0.2, 0) is 4.79 Å². The molecule has 1 amide bonds. The Morgan fingerprint density at radius 3 is 2.06 bits per heavy atom. The zero-order chi connectivity index (χ0) is 22.5. The minimum atomic E-state index is 0.252. The number of rotatable bonds is 6. The zero-order valence-corrected chi connectivity index (χ0v) is 19.6. The van der Waals surface area contributed by atoms with Crippen LogP contribution in [0.4, 0.5) is 11.4 Å². The summed E-state index contributed by atoms with van der Waals surface area (Å²) in [4.78, 5) is 22.3. The van der Waals surface area contributed by atoms with Crippen LogP contribution in [0.3, 0.4) is 0 Å². The fraction of sp³-hybridized carbons (Fsp3) is 0.250. The molecule has 0 spiro atoms. The van der Waals surface area contributed by atoms with Gasteiger partial charge in [-0.1, -0.05) is 78.5 Å². The van der Waals surface area contributed by atoms with Gasteiger partial charge in [-0.05, 0) is 29.8 Å². The molecule has 5 heteroatoms. The van der Waals surface area contributed by atoms with Crippen LogP contribution in [-0.4, -0.2) is 55.0 Å². The lowest BCUT2D eigenvalue weighted by atomic mass is 10.2. The van der Waals surface area contributed by atoms with E-state index in [1.807, 2.05) is 11.0 Å². The summed E-state index contributed by atoms with van der Waals surface area (Å²) in [7, 11) is 0. The Kier molecular flexibility index (Phi) is 6.79. The second kappa shape index (κ2) is 10.3. The van der Waals surface area contributed by atoms with Crippen molar-refractivity contribution in [2.24, 2.45) is 0 Å². The van der Waals surface area contributed by atoms with Gasteiger partial charge in [0, 0.05) is 55.5 Å². The molecule has 2 aliphatic heterocycles. The molecule has 0 atom stereocenters. The summed E-state index contributed by atoms with van der Waals surface area (Å²) in [6.07, 6.45) is 4.92. The molecule has 4 nitrogen and oxygen atoms in total. The Labute approximate surface area is 200 Å². The van der Waals surface area contributed by atoms with Crippen LogP contribution in [0.25, 0.3) is 6.08 Å². The molecule has 5 rings (SSSR count). The van der Waals surface area contributed by atoms with Gasteiger partial charge in [-0.15, -0.1) is 0 Å². The predicted molar refractivity (Wildman–Crippen MR) is 137 cm³/mol. The lowest BCUT2D eigenvalue weighted by Crippen LogP contribution is -2.49. The van der Waals surface area contributed by atoms with Crippen LogP contribution in [0.1, 0.15) is 12.0 Å². The minimum absolute atomic E-state index is 0.252. The molecule has 2 heterocycles. The van der Waals surface area contributed by atoms with Crippen molar-refractivity contribution in [3.05, 3.63) is 90.5 Å². The van der Waals surface area contributed by atoms with E-state index in [0.717, 1.165) is 32.7 Å². The number of nitrogens with zero attached hydrogens (tertiary/aromatic N) is 3. The van der Waals surface area contributed by atoms with Gasteiger partial charge in [-0.25, -0.2) is 0 Å². The van der Waals surface area contributed by atoms with Crippen LogP contribution >= 0.6 is 11.8 Å². The fourth-order valence-electron chi connectivity index (χ4n) is 4.47. The maximum Gasteiger partial charge on any atom is 0.224 e. The van der Waals surface area contributed by atoms with Crippen molar-refractivity contribution in [1.29, 1.82) is 0 Å². The standard InChI is InChI=1S/C28H29N3OS/c32-28(30-21-19-29(20-22-30)17-8-11-23-9-2-1-3-10-23)16-18-31-24-12-4-6-14-26(24)33-27-15-7-5-13-25(27)31/h1-15H,16-22H2. The normalized spacial score (nSPS) is 16.0. The van der Waals surface area contributed by atoms with Crippen LogP contribution in [0.5, 0.6) is 0 Å². The number of hydrogen-bond donors (Lipinski definition) is 0. The number of piperazine rings is 1. The molecule has 1 fully saturated rings. The molecular formula is C28H29N3OS. The highest BCUT2D eigenvalue weighted by molar-refractivity contribution is 7.99. The quantitative estimate of drug-likeness (QED) is 0.488. The van der Waals surface area contributed by atoms with Crippen LogP contribution in [0, 0.1) is 0 Å². The molecule has 0 N–H and O–H groups in total. The molecule has 33 heavy (non-hydrogen) atoms. The largest absolute Gasteiger partial charge is 0.340 e. The number of benzene rings is 3. The van der Waals surface area contributed by atoms with Crippen molar-refractivity contribution in [3.8, 4) is 0 Å². The maximum atomic E-state index is 13.0. The van der Waals surface area contributed by atoms with Crippen molar-refractivity contribution in [2.45, 2.75) is 16.2 Å². The van der Waals surface area contributed by atoms with Gasteiger partial charge in [0.2, 0.25) is 5.91 Å². The van der Waals surface area contributed by atoms with E-state index < -0.39 is 0 Å². The van der Waals surface area contributed by atoms with E-state index in [1.54, 1.807) is 11.8 Å². The summed E-state index contributed by atoms with van der Waals surface area (Å²) in [6, 6.07) is 27.3. The van der Waals surface area contributed by atoms with Crippen molar-refractivity contribution in [1.82, 2.24) is 9.80 Å². The number of amides is 1. The van der Waals surface area contributed by atoms with Crippen molar-refractivity contribution >= 4 is 35.1 Å². The molecule has 0 saturated carbocycles. The van der Waals surface area contributed by atoms with E-state index >= 15 is 0 Å². The molecule has 2 aliphatic rings. The second-order valence-corrected chi connectivity index (χ2v) is 9.52. The first-order chi connectivity index (χ1) is 16.3. The Hall–Kier alpha value is -3.02. The molecule has 1 saturated heterocycles. The smallest absolute Gasteiger partial charge is 0.224 e. The minimum Gasteiger partial charge on any atom is -0.340 e. The molecule has 3 aromatic carbocycles. The number of carbonyl (C=O) groups excluding carboxylic acids is 1. The second-order valence-electron chi connectivity index (χ2n) is 8.43. The van der Waals surface area contributed by atoms with Gasteiger partial charge in [0.25, 0.3) is 0 Å². The third kappa shape index (κ3) is 5.15. The van der Waals surface area contributed by atoms with Gasteiger partial charge in [-0.2, -0.15) is 0 Å². The highest BCUT2D eigenvalue weighted by Gasteiger charge is 2.25. The summed E-state index contributed by atoms with van der Waals surface area (Å²) in [5, 5.41) is 0. The first kappa shape index (κ1) is 21.8. The number of para-hydroxylation sites is 2. The SMILES string of the molecule is O=C(CCN1c2ccccc2Sc2ccccc21)N1CCN(CC=Cc2ccccc2)CC1. The third-order valence-electron chi connectivity index (χ3n) is 6.28. The average molecular weight is 456 g/mol. The summed E-state index contributed by atoms with van der Waals surface area (Å²) in [6.45, 7) is 5.10. The first-order valence-electron chi connectivity index (χ1n) is 11.6. The predicted octanol–water partition coefficient (Wildman–Crippen LogP) is 5.54. The molecule has 0 aliphatic carbocycles. The lowest BCUT2D eigenvalue weighted by molar-refractivity contribution is -0.132. The topological polar surface area (TPSA) is 26.8 Å². The summed E-state index contributed by atoms with van der Waals surface area (Å²) < 4.78 is 0. The van der Waals surface area contributed by atoms with Crippen LogP contribution in [0.15, 0.2) is 94.7 Å².